The van der Waals surface area contributed by atoms with E-state index in [9.17, 15) is 13.2 Å². The number of sulfonamides is 1. The summed E-state index contributed by atoms with van der Waals surface area (Å²) >= 11 is 5.93. The Morgan fingerprint density at radius 3 is 2.38 bits per heavy atom. The number of para-hydroxylation sites is 2. The fourth-order valence-electron chi connectivity index (χ4n) is 3.64. The van der Waals surface area contributed by atoms with Gasteiger partial charge in [0.15, 0.2) is 6.10 Å². The Morgan fingerprint density at radius 1 is 1.00 bits per heavy atom. The van der Waals surface area contributed by atoms with Crippen LogP contribution in [-0.4, -0.2) is 38.9 Å². The molecule has 8 heteroatoms. The first-order valence-corrected chi connectivity index (χ1v) is 12.1. The highest BCUT2D eigenvalue weighted by molar-refractivity contribution is 7.92. The largest absolute Gasteiger partial charge is 0.476 e. The van der Waals surface area contributed by atoms with Crippen LogP contribution < -0.4 is 9.04 Å². The van der Waals surface area contributed by atoms with Crippen LogP contribution in [0, 0.1) is 0 Å². The molecule has 0 spiro atoms. The third kappa shape index (κ3) is 4.89. The van der Waals surface area contributed by atoms with Gasteiger partial charge in [-0.25, -0.2) is 8.42 Å². The number of rotatable bonds is 6. The van der Waals surface area contributed by atoms with E-state index in [0.717, 1.165) is 5.56 Å². The fourth-order valence-corrected chi connectivity index (χ4v) is 5.35. The van der Waals surface area contributed by atoms with Crippen molar-refractivity contribution < 1.29 is 17.9 Å². The van der Waals surface area contributed by atoms with Gasteiger partial charge in [0, 0.05) is 18.6 Å². The molecule has 1 amide bonds. The van der Waals surface area contributed by atoms with E-state index in [0.29, 0.717) is 28.6 Å². The van der Waals surface area contributed by atoms with Crippen molar-refractivity contribution in [1.82, 2.24) is 4.90 Å². The fraction of sp³-hybridized carbons (Fsp3) is 0.208. The van der Waals surface area contributed by atoms with E-state index in [2.05, 4.69) is 0 Å². The summed E-state index contributed by atoms with van der Waals surface area (Å²) < 4.78 is 33.8. The van der Waals surface area contributed by atoms with Crippen molar-refractivity contribution in [3.05, 3.63) is 95.0 Å². The van der Waals surface area contributed by atoms with Gasteiger partial charge in [-0.2, -0.15) is 0 Å². The number of hydrogen-bond donors (Lipinski definition) is 0. The number of benzene rings is 3. The first kappa shape index (κ1) is 22.2. The van der Waals surface area contributed by atoms with Crippen LogP contribution in [0.15, 0.2) is 78.9 Å². The minimum atomic E-state index is -3.74. The topological polar surface area (TPSA) is 66.9 Å². The van der Waals surface area contributed by atoms with Crippen LogP contribution in [0.4, 0.5) is 5.69 Å². The molecule has 1 heterocycles. The summed E-state index contributed by atoms with van der Waals surface area (Å²) in [5.74, 6) is -0.0908. The molecule has 0 N–H and O–H groups in total. The molecule has 0 bridgehead atoms. The highest BCUT2D eigenvalue weighted by Gasteiger charge is 2.37. The molecule has 166 valence electrons. The summed E-state index contributed by atoms with van der Waals surface area (Å²) in [5.41, 5.74) is 2.03. The number of nitrogens with zero attached hydrogens (tertiary/aromatic N) is 2. The monoisotopic (exact) mass is 470 g/mol. The van der Waals surface area contributed by atoms with Gasteiger partial charge >= 0.3 is 0 Å². The average Bonchev–Trinajstić information content (AvgIpc) is 2.79. The standard InChI is InChI=1S/C24H23ClN2O4S/c1-26(15-18-11-13-20(25)14-12-18)24(28)23-16-27(21-9-5-6-10-22(21)31-23)32(29,30)17-19-7-3-2-4-8-19/h2-14,23H,15-17H2,1H3/t23-/m1/s1. The molecule has 0 radical (unpaired) electrons. The van der Waals surface area contributed by atoms with Gasteiger partial charge in [0.25, 0.3) is 5.91 Å². The Morgan fingerprint density at radius 2 is 1.66 bits per heavy atom. The summed E-state index contributed by atoms with van der Waals surface area (Å²) in [5, 5.41) is 0.620. The lowest BCUT2D eigenvalue weighted by atomic mass is 10.2. The molecule has 3 aromatic rings. The predicted molar refractivity (Wildman–Crippen MR) is 125 cm³/mol. The second-order valence-corrected chi connectivity index (χ2v) is 10.00. The molecule has 6 nitrogen and oxygen atoms in total. The van der Waals surface area contributed by atoms with Gasteiger partial charge < -0.3 is 9.64 Å². The van der Waals surface area contributed by atoms with Crippen LogP contribution in [0.5, 0.6) is 5.75 Å². The van der Waals surface area contributed by atoms with Crippen molar-refractivity contribution in [3.8, 4) is 5.75 Å². The summed E-state index contributed by atoms with van der Waals surface area (Å²) in [7, 11) is -2.07. The van der Waals surface area contributed by atoms with Crippen molar-refractivity contribution in [2.75, 3.05) is 17.9 Å². The van der Waals surface area contributed by atoms with Crippen LogP contribution in [0.2, 0.25) is 5.02 Å². The molecule has 0 aromatic heterocycles. The van der Waals surface area contributed by atoms with Gasteiger partial charge in [-0.15, -0.1) is 0 Å². The zero-order valence-corrected chi connectivity index (χ0v) is 19.1. The zero-order chi connectivity index (χ0) is 22.7. The number of ether oxygens (including phenoxy) is 1. The first-order valence-electron chi connectivity index (χ1n) is 10.1. The maximum atomic E-state index is 13.3. The first-order chi connectivity index (χ1) is 15.3. The molecule has 3 aromatic carbocycles. The summed E-state index contributed by atoms with van der Waals surface area (Å²) in [6.07, 6.45) is -0.951. The Bertz CT molecular complexity index is 1200. The van der Waals surface area contributed by atoms with Crippen LogP contribution in [0.1, 0.15) is 11.1 Å². The highest BCUT2D eigenvalue weighted by atomic mass is 35.5. The van der Waals surface area contributed by atoms with Crippen molar-refractivity contribution in [3.63, 3.8) is 0 Å². The molecule has 0 saturated heterocycles. The van der Waals surface area contributed by atoms with Gasteiger partial charge in [-0.1, -0.05) is 66.2 Å². The molecule has 4 rings (SSSR count). The Balaban J connectivity index is 1.57. The van der Waals surface area contributed by atoms with Crippen LogP contribution in [0.3, 0.4) is 0 Å². The minimum Gasteiger partial charge on any atom is -0.476 e. The van der Waals surface area contributed by atoms with Crippen molar-refractivity contribution in [1.29, 1.82) is 0 Å². The number of hydrogen-bond acceptors (Lipinski definition) is 4. The molecule has 0 unspecified atom stereocenters. The molecular formula is C24H23ClN2O4S. The number of amides is 1. The van der Waals surface area contributed by atoms with Crippen molar-refractivity contribution in [2.24, 2.45) is 0 Å². The third-order valence-electron chi connectivity index (χ3n) is 5.25. The molecule has 1 atom stereocenters. The quantitative estimate of drug-likeness (QED) is 0.544. The molecule has 0 fully saturated rings. The van der Waals surface area contributed by atoms with E-state index in [1.807, 2.05) is 18.2 Å². The van der Waals surface area contributed by atoms with Gasteiger partial charge in [0.1, 0.15) is 5.75 Å². The molecular weight excluding hydrogens is 448 g/mol. The molecule has 32 heavy (non-hydrogen) atoms. The maximum absolute atomic E-state index is 13.3. The second kappa shape index (κ2) is 9.22. The van der Waals surface area contributed by atoms with Gasteiger partial charge in [-0.3, -0.25) is 9.10 Å². The van der Waals surface area contributed by atoms with E-state index >= 15 is 0 Å². The molecule has 1 aliphatic heterocycles. The van der Waals surface area contributed by atoms with E-state index in [-0.39, 0.29) is 18.2 Å². The average molecular weight is 471 g/mol. The van der Waals surface area contributed by atoms with Crippen molar-refractivity contribution >= 4 is 33.2 Å². The van der Waals surface area contributed by atoms with Gasteiger partial charge in [0.05, 0.1) is 18.0 Å². The predicted octanol–water partition coefficient (Wildman–Crippen LogP) is 4.10. The third-order valence-corrected chi connectivity index (χ3v) is 7.21. The lowest BCUT2D eigenvalue weighted by Gasteiger charge is -2.36. The summed E-state index contributed by atoms with van der Waals surface area (Å²) in [6.45, 7) is 0.268. The van der Waals surface area contributed by atoms with E-state index in [1.165, 1.54) is 9.21 Å². The summed E-state index contributed by atoms with van der Waals surface area (Å²) in [6, 6.07) is 23.1. The minimum absolute atomic E-state index is 0.0873. The van der Waals surface area contributed by atoms with E-state index in [1.54, 1.807) is 67.7 Å². The number of carbonyl (C=O) groups is 1. The lowest BCUT2D eigenvalue weighted by molar-refractivity contribution is -0.137. The van der Waals surface area contributed by atoms with Crippen molar-refractivity contribution in [2.45, 2.75) is 18.4 Å². The van der Waals surface area contributed by atoms with E-state index < -0.39 is 16.1 Å². The Labute approximate surface area is 193 Å². The SMILES string of the molecule is CN(Cc1ccc(Cl)cc1)C(=O)[C@H]1CN(S(=O)(=O)Cc2ccccc2)c2ccccc2O1. The van der Waals surface area contributed by atoms with Crippen LogP contribution >= 0.6 is 11.6 Å². The maximum Gasteiger partial charge on any atom is 0.265 e. The van der Waals surface area contributed by atoms with Crippen LogP contribution in [0.25, 0.3) is 0 Å². The highest BCUT2D eigenvalue weighted by Crippen LogP contribution is 2.36. The molecule has 1 aliphatic rings. The Hall–Kier alpha value is -3.03. The smallest absolute Gasteiger partial charge is 0.265 e. The van der Waals surface area contributed by atoms with Gasteiger partial charge in [-0.05, 0) is 35.4 Å². The molecule has 0 aliphatic carbocycles. The van der Waals surface area contributed by atoms with E-state index in [4.69, 9.17) is 16.3 Å². The number of fused-ring (bicyclic) bond motifs is 1. The van der Waals surface area contributed by atoms with Gasteiger partial charge in [0.2, 0.25) is 10.0 Å². The Kier molecular flexibility index (Phi) is 6.39. The number of carbonyl (C=O) groups excluding carboxylic acids is 1. The lowest BCUT2D eigenvalue weighted by Crippen LogP contribution is -2.51. The van der Waals surface area contributed by atoms with Crippen LogP contribution in [-0.2, 0) is 27.1 Å². The molecule has 0 saturated carbocycles. The number of anilines is 1. The normalized spacial score (nSPS) is 15.6. The summed E-state index contributed by atoms with van der Waals surface area (Å²) in [4.78, 5) is 14.7. The zero-order valence-electron chi connectivity index (χ0n) is 17.5. The second-order valence-electron chi connectivity index (χ2n) is 7.67. The number of halogens is 1. The number of likely N-dealkylation sites (N-methyl/N-ethyl adjacent to an activating group) is 1.